The van der Waals surface area contributed by atoms with Gasteiger partial charge >= 0.3 is 0 Å². The van der Waals surface area contributed by atoms with Crippen LogP contribution in [-0.4, -0.2) is 15.0 Å². The van der Waals surface area contributed by atoms with Crippen molar-refractivity contribution in [1.82, 2.24) is 15.0 Å². The van der Waals surface area contributed by atoms with E-state index in [1.54, 1.807) is 0 Å². The molecule has 0 spiro atoms. The molecule has 11 rings (SSSR count). The molecule has 0 fully saturated rings. The van der Waals surface area contributed by atoms with E-state index in [1.165, 1.54) is 36.9 Å². The quantitative estimate of drug-likeness (QED) is 0.171. The van der Waals surface area contributed by atoms with E-state index in [1.807, 2.05) is 53.8 Å². The van der Waals surface area contributed by atoms with E-state index in [4.69, 9.17) is 19.4 Å². The maximum Gasteiger partial charge on any atom is 0.167 e. The summed E-state index contributed by atoms with van der Waals surface area (Å²) in [5.41, 5.74) is 11.3. The fourth-order valence-corrected chi connectivity index (χ4v) is 9.12. The third-order valence-corrected chi connectivity index (χ3v) is 11.8. The molecule has 0 amide bonds. The Labute approximate surface area is 327 Å². The molecule has 0 saturated carbocycles. The van der Waals surface area contributed by atoms with Crippen molar-refractivity contribution in [2.45, 2.75) is 0 Å². The van der Waals surface area contributed by atoms with Gasteiger partial charge in [-0.3, -0.25) is 0 Å². The summed E-state index contributed by atoms with van der Waals surface area (Å²) in [6.07, 6.45) is 0. The van der Waals surface area contributed by atoms with E-state index in [2.05, 4.69) is 146 Å². The number of rotatable bonds is 6. The first kappa shape index (κ1) is 32.2. The molecule has 8 aromatic carbocycles. The smallest absolute Gasteiger partial charge is 0.167 e. The molecule has 11 aromatic rings. The van der Waals surface area contributed by atoms with Gasteiger partial charge < -0.3 is 4.42 Å². The Balaban J connectivity index is 1.07. The zero-order valence-electron chi connectivity index (χ0n) is 30.1. The highest BCUT2D eigenvalue weighted by Crippen LogP contribution is 2.46. The molecule has 0 saturated heterocycles. The normalized spacial score (nSPS) is 11.6. The first-order valence-corrected chi connectivity index (χ1v) is 19.5. The second-order valence-electron chi connectivity index (χ2n) is 13.9. The van der Waals surface area contributed by atoms with Gasteiger partial charge in [0.2, 0.25) is 0 Å². The molecular formula is C51H31N3OS. The van der Waals surface area contributed by atoms with Crippen LogP contribution < -0.4 is 0 Å². The minimum Gasteiger partial charge on any atom is -0.455 e. The van der Waals surface area contributed by atoms with E-state index in [9.17, 15) is 0 Å². The molecule has 262 valence electrons. The highest BCUT2D eigenvalue weighted by molar-refractivity contribution is 7.26. The van der Waals surface area contributed by atoms with Crippen LogP contribution in [0.3, 0.4) is 0 Å². The monoisotopic (exact) mass is 733 g/mol. The lowest BCUT2D eigenvalue weighted by Crippen LogP contribution is -2.00. The molecule has 0 bridgehead atoms. The molecule has 56 heavy (non-hydrogen) atoms. The van der Waals surface area contributed by atoms with Crippen molar-refractivity contribution in [3.05, 3.63) is 188 Å². The molecule has 3 heterocycles. The Morgan fingerprint density at radius 1 is 0.357 bits per heavy atom. The van der Waals surface area contributed by atoms with Crippen LogP contribution in [0, 0.1) is 0 Å². The summed E-state index contributed by atoms with van der Waals surface area (Å²) >= 11 is 1.86. The molecule has 3 aromatic heterocycles. The Bertz CT molecular complexity index is 3230. The van der Waals surface area contributed by atoms with Gasteiger partial charge in [-0.05, 0) is 52.1 Å². The summed E-state index contributed by atoms with van der Waals surface area (Å²) < 4.78 is 9.30. The van der Waals surface area contributed by atoms with Crippen LogP contribution in [0.4, 0.5) is 0 Å². The first-order chi connectivity index (χ1) is 27.7. The number of hydrogen-bond donors (Lipinski definition) is 0. The summed E-state index contributed by atoms with van der Waals surface area (Å²) in [7, 11) is 0. The Morgan fingerprint density at radius 2 is 0.929 bits per heavy atom. The summed E-state index contributed by atoms with van der Waals surface area (Å²) in [6.45, 7) is 0. The van der Waals surface area contributed by atoms with Crippen molar-refractivity contribution in [2.24, 2.45) is 0 Å². The predicted octanol–water partition coefficient (Wildman–Crippen LogP) is 14.1. The Morgan fingerprint density at radius 3 is 1.68 bits per heavy atom. The van der Waals surface area contributed by atoms with E-state index in [-0.39, 0.29) is 0 Å². The fourth-order valence-electron chi connectivity index (χ4n) is 7.85. The number of nitrogens with zero attached hydrogens (tertiary/aromatic N) is 3. The highest BCUT2D eigenvalue weighted by atomic mass is 32.1. The molecule has 5 heteroatoms. The van der Waals surface area contributed by atoms with Gasteiger partial charge in [0.05, 0.1) is 5.56 Å². The highest BCUT2D eigenvalue weighted by Gasteiger charge is 2.20. The summed E-state index contributed by atoms with van der Waals surface area (Å²) in [4.78, 5) is 15.1. The van der Waals surface area contributed by atoms with Crippen molar-refractivity contribution in [2.75, 3.05) is 0 Å². The van der Waals surface area contributed by atoms with Crippen LogP contribution >= 0.6 is 11.3 Å². The van der Waals surface area contributed by atoms with Crippen LogP contribution in [0.5, 0.6) is 0 Å². The minimum absolute atomic E-state index is 0.562. The second kappa shape index (κ2) is 13.3. The Hall–Kier alpha value is -7.21. The van der Waals surface area contributed by atoms with Gasteiger partial charge in [-0.15, -0.1) is 11.3 Å². The lowest BCUT2D eigenvalue weighted by atomic mass is 9.92. The van der Waals surface area contributed by atoms with Crippen molar-refractivity contribution >= 4 is 53.4 Å². The molecule has 0 N–H and O–H groups in total. The van der Waals surface area contributed by atoms with E-state index in [0.29, 0.717) is 17.5 Å². The second-order valence-corrected chi connectivity index (χ2v) is 15.0. The minimum atomic E-state index is 0.562. The van der Waals surface area contributed by atoms with Crippen LogP contribution in [0.15, 0.2) is 192 Å². The average Bonchev–Trinajstić information content (AvgIpc) is 3.85. The average molecular weight is 734 g/mol. The largest absolute Gasteiger partial charge is 0.455 e. The number of fused-ring (bicyclic) bond motifs is 6. The molecule has 0 atom stereocenters. The zero-order chi connectivity index (χ0) is 37.0. The topological polar surface area (TPSA) is 51.8 Å². The molecule has 0 aliphatic heterocycles. The number of aromatic nitrogens is 3. The lowest BCUT2D eigenvalue weighted by Gasteiger charge is -2.12. The lowest BCUT2D eigenvalue weighted by molar-refractivity contribution is 0.669. The third kappa shape index (κ3) is 5.48. The number of benzene rings is 8. The summed E-state index contributed by atoms with van der Waals surface area (Å²) in [5, 5.41) is 4.63. The zero-order valence-corrected chi connectivity index (χ0v) is 30.9. The SMILES string of the molecule is c1ccc(-c2ccc(-c3nc(-c4ccccc4)nc(-c4cccc5c4oc4ccc(-c6ccc7c(sc8ccccc87)c6-c6ccccc6)cc45)n3)cc2)cc1. The molecule has 0 aliphatic rings. The molecule has 0 aliphatic carbocycles. The van der Waals surface area contributed by atoms with Crippen LogP contribution in [-0.2, 0) is 0 Å². The van der Waals surface area contributed by atoms with E-state index < -0.39 is 0 Å². The van der Waals surface area contributed by atoms with Crippen molar-refractivity contribution < 1.29 is 4.42 Å². The number of hydrogen-bond acceptors (Lipinski definition) is 5. The van der Waals surface area contributed by atoms with Gasteiger partial charge in [-0.25, -0.2) is 15.0 Å². The summed E-state index contributed by atoms with van der Waals surface area (Å²) in [6, 6.07) is 65.7. The van der Waals surface area contributed by atoms with Crippen LogP contribution in [0.1, 0.15) is 0 Å². The van der Waals surface area contributed by atoms with Gasteiger partial charge in [0, 0.05) is 47.6 Å². The predicted molar refractivity (Wildman–Crippen MR) is 233 cm³/mol. The Kier molecular flexibility index (Phi) is 7.64. The number of thiophene rings is 1. The van der Waals surface area contributed by atoms with Gasteiger partial charge in [-0.2, -0.15) is 0 Å². The maximum atomic E-state index is 6.71. The standard InChI is InChI=1S/C51H31N3OS/c1-4-13-32(14-5-1)33-23-25-36(26-24-33)50-52-49(35-17-8-3-9-18-35)53-51(54-50)42-21-12-20-40-43-31-37(27-30-44(43)55-47(40)42)38-28-29-41-39-19-10-11-22-45(39)56-48(41)46(38)34-15-6-2-7-16-34/h1-31H. The van der Waals surface area contributed by atoms with Gasteiger partial charge in [0.15, 0.2) is 17.5 Å². The van der Waals surface area contributed by atoms with Gasteiger partial charge in [0.1, 0.15) is 11.2 Å². The first-order valence-electron chi connectivity index (χ1n) is 18.7. The molecule has 0 radical (unpaired) electrons. The molecule has 4 nitrogen and oxygen atoms in total. The van der Waals surface area contributed by atoms with Crippen LogP contribution in [0.25, 0.3) is 110 Å². The summed E-state index contributed by atoms with van der Waals surface area (Å²) in [5.74, 6) is 1.78. The fraction of sp³-hybridized carbons (Fsp3) is 0. The van der Waals surface area contributed by atoms with Crippen molar-refractivity contribution in [1.29, 1.82) is 0 Å². The molecule has 0 unspecified atom stereocenters. The molecular weight excluding hydrogens is 703 g/mol. The van der Waals surface area contributed by atoms with Crippen molar-refractivity contribution in [3.8, 4) is 67.5 Å². The van der Waals surface area contributed by atoms with Gasteiger partial charge in [0.25, 0.3) is 0 Å². The van der Waals surface area contributed by atoms with E-state index >= 15 is 0 Å². The van der Waals surface area contributed by atoms with Crippen LogP contribution in [0.2, 0.25) is 0 Å². The number of para-hydroxylation sites is 1. The van der Waals surface area contributed by atoms with E-state index in [0.717, 1.165) is 55.3 Å². The van der Waals surface area contributed by atoms with Gasteiger partial charge in [-0.1, -0.05) is 164 Å². The number of furan rings is 1. The maximum absolute atomic E-state index is 6.71. The third-order valence-electron chi connectivity index (χ3n) is 10.6. The van der Waals surface area contributed by atoms with Crippen molar-refractivity contribution in [3.63, 3.8) is 0 Å².